The molecule has 1 aliphatic carbocycles. The Morgan fingerprint density at radius 3 is 2.83 bits per heavy atom. The second-order valence-electron chi connectivity index (χ2n) is 6.35. The highest BCUT2D eigenvalue weighted by Gasteiger charge is 2.31. The molecule has 0 unspecified atom stereocenters. The van der Waals surface area contributed by atoms with Crippen LogP contribution in [0.2, 0.25) is 0 Å². The molecule has 0 N–H and O–H groups in total. The van der Waals surface area contributed by atoms with Crippen LogP contribution in [-0.2, 0) is 20.9 Å². The van der Waals surface area contributed by atoms with Gasteiger partial charge in [-0.25, -0.2) is 0 Å². The molecule has 122 valence electrons. The third kappa shape index (κ3) is 2.34. The minimum absolute atomic E-state index is 0.000927. The van der Waals surface area contributed by atoms with E-state index in [0.29, 0.717) is 19.4 Å². The van der Waals surface area contributed by atoms with Gasteiger partial charge in [-0.15, -0.1) is 0 Å². The van der Waals surface area contributed by atoms with Crippen LogP contribution in [-0.4, -0.2) is 18.7 Å². The fraction of sp³-hybridized carbons (Fsp3) is 0.300. The van der Waals surface area contributed by atoms with Crippen LogP contribution in [0, 0.1) is 0 Å². The van der Waals surface area contributed by atoms with E-state index in [1.807, 2.05) is 30.3 Å². The van der Waals surface area contributed by atoms with Gasteiger partial charge in [-0.3, -0.25) is 9.59 Å². The van der Waals surface area contributed by atoms with Gasteiger partial charge in [0.25, 0.3) is 0 Å². The molecular weight excluding hydrogens is 304 g/mol. The number of rotatable bonds is 3. The Morgan fingerprint density at radius 2 is 2.04 bits per heavy atom. The van der Waals surface area contributed by atoms with Crippen molar-refractivity contribution in [2.45, 2.75) is 31.8 Å². The second kappa shape index (κ2) is 5.87. The quantitative estimate of drug-likeness (QED) is 0.680. The molecule has 0 spiro atoms. The highest BCUT2D eigenvalue weighted by Crippen LogP contribution is 2.38. The van der Waals surface area contributed by atoms with Crippen molar-refractivity contribution in [1.82, 2.24) is 0 Å². The molecule has 3 aromatic rings. The van der Waals surface area contributed by atoms with Crippen LogP contribution in [0.25, 0.3) is 21.7 Å². The summed E-state index contributed by atoms with van der Waals surface area (Å²) in [5, 5.41) is 3.16. The summed E-state index contributed by atoms with van der Waals surface area (Å²) >= 11 is 0. The SMILES string of the molecule is COCc1cccc2c1ccc1occ([C@@H]3CCC(=O)CC3=O)c12. The topological polar surface area (TPSA) is 56.5 Å². The molecule has 0 aliphatic heterocycles. The Balaban J connectivity index is 1.93. The third-order valence-corrected chi connectivity index (χ3v) is 4.86. The van der Waals surface area contributed by atoms with E-state index in [1.54, 1.807) is 13.4 Å². The van der Waals surface area contributed by atoms with Gasteiger partial charge in [0.05, 0.1) is 19.3 Å². The largest absolute Gasteiger partial charge is 0.464 e. The number of carbonyl (C=O) groups excluding carboxylic acids is 2. The number of Topliss-reactive ketones (excluding diaryl/α,β-unsaturated/α-hetero) is 2. The average Bonchev–Trinajstić information content (AvgIpc) is 3.00. The van der Waals surface area contributed by atoms with Crippen molar-refractivity contribution in [1.29, 1.82) is 0 Å². The molecule has 0 saturated heterocycles. The number of ether oxygens (including phenoxy) is 1. The molecule has 2 aromatic carbocycles. The lowest BCUT2D eigenvalue weighted by molar-refractivity contribution is -0.130. The Hall–Kier alpha value is -2.46. The van der Waals surface area contributed by atoms with Crippen LogP contribution in [0.3, 0.4) is 0 Å². The molecule has 0 bridgehead atoms. The summed E-state index contributed by atoms with van der Waals surface area (Å²) in [6, 6.07) is 10.1. The third-order valence-electron chi connectivity index (χ3n) is 4.86. The molecule has 1 aromatic heterocycles. The fourth-order valence-electron chi connectivity index (χ4n) is 3.72. The van der Waals surface area contributed by atoms with Gasteiger partial charge in [-0.05, 0) is 28.8 Å². The van der Waals surface area contributed by atoms with Crippen molar-refractivity contribution in [3.63, 3.8) is 0 Å². The fourth-order valence-corrected chi connectivity index (χ4v) is 3.72. The van der Waals surface area contributed by atoms with Crippen LogP contribution < -0.4 is 0 Å². The maximum Gasteiger partial charge on any atom is 0.147 e. The molecule has 24 heavy (non-hydrogen) atoms. The van der Waals surface area contributed by atoms with E-state index < -0.39 is 0 Å². The molecule has 1 aliphatic rings. The van der Waals surface area contributed by atoms with Crippen molar-refractivity contribution in [3.05, 3.63) is 47.7 Å². The van der Waals surface area contributed by atoms with Gasteiger partial charge >= 0.3 is 0 Å². The summed E-state index contributed by atoms with van der Waals surface area (Å²) in [5.41, 5.74) is 2.79. The first-order chi connectivity index (χ1) is 11.7. The molecule has 1 fully saturated rings. The number of carbonyl (C=O) groups is 2. The predicted octanol–water partition coefficient (Wildman–Crippen LogP) is 4.14. The first kappa shape index (κ1) is 15.1. The van der Waals surface area contributed by atoms with Gasteiger partial charge in [0.2, 0.25) is 0 Å². The molecule has 4 heteroatoms. The molecular formula is C20H18O4. The first-order valence-corrected chi connectivity index (χ1v) is 8.14. The van der Waals surface area contributed by atoms with Crippen LogP contribution in [0.4, 0.5) is 0 Å². The number of hydrogen-bond donors (Lipinski definition) is 0. The van der Waals surface area contributed by atoms with E-state index in [9.17, 15) is 9.59 Å². The minimum atomic E-state index is -0.249. The normalized spacial score (nSPS) is 18.6. The Kier molecular flexibility index (Phi) is 3.69. The van der Waals surface area contributed by atoms with E-state index in [1.165, 1.54) is 0 Å². The van der Waals surface area contributed by atoms with Gasteiger partial charge in [0, 0.05) is 30.4 Å². The number of hydrogen-bond acceptors (Lipinski definition) is 4. The molecule has 0 amide bonds. The van der Waals surface area contributed by atoms with Crippen LogP contribution in [0.5, 0.6) is 0 Å². The van der Waals surface area contributed by atoms with Crippen molar-refractivity contribution in [2.75, 3.05) is 7.11 Å². The Labute approximate surface area is 139 Å². The van der Waals surface area contributed by atoms with Crippen LogP contribution in [0.15, 0.2) is 41.0 Å². The van der Waals surface area contributed by atoms with Crippen molar-refractivity contribution in [3.8, 4) is 0 Å². The molecule has 1 atom stereocenters. The lowest BCUT2D eigenvalue weighted by Crippen LogP contribution is -2.23. The van der Waals surface area contributed by atoms with E-state index in [0.717, 1.165) is 32.9 Å². The summed E-state index contributed by atoms with van der Waals surface area (Å²) in [6.07, 6.45) is 2.76. The Bertz CT molecular complexity index is 951. The Morgan fingerprint density at radius 1 is 1.17 bits per heavy atom. The number of methoxy groups -OCH3 is 1. The number of fused-ring (bicyclic) bond motifs is 3. The smallest absolute Gasteiger partial charge is 0.147 e. The zero-order valence-corrected chi connectivity index (χ0v) is 13.5. The van der Waals surface area contributed by atoms with E-state index in [4.69, 9.17) is 9.15 Å². The monoisotopic (exact) mass is 322 g/mol. The number of furan rings is 1. The van der Waals surface area contributed by atoms with Gasteiger partial charge in [-0.1, -0.05) is 24.3 Å². The van der Waals surface area contributed by atoms with Gasteiger partial charge < -0.3 is 9.15 Å². The highest BCUT2D eigenvalue weighted by molar-refractivity contribution is 6.12. The summed E-state index contributed by atoms with van der Waals surface area (Å²) in [4.78, 5) is 23.9. The molecule has 0 radical (unpaired) electrons. The molecule has 1 saturated carbocycles. The van der Waals surface area contributed by atoms with Crippen LogP contribution in [0.1, 0.15) is 36.3 Å². The van der Waals surface area contributed by atoms with Crippen molar-refractivity contribution < 1.29 is 18.7 Å². The van der Waals surface area contributed by atoms with Crippen molar-refractivity contribution >= 4 is 33.3 Å². The summed E-state index contributed by atoms with van der Waals surface area (Å²) in [6.45, 7) is 0.535. The zero-order chi connectivity index (χ0) is 16.7. The number of benzene rings is 2. The zero-order valence-electron chi connectivity index (χ0n) is 13.5. The van der Waals surface area contributed by atoms with E-state index >= 15 is 0 Å². The lowest BCUT2D eigenvalue weighted by Gasteiger charge is -2.19. The summed E-state index contributed by atoms with van der Waals surface area (Å²) < 4.78 is 11.0. The molecule has 4 rings (SSSR count). The van der Waals surface area contributed by atoms with Crippen LogP contribution >= 0.6 is 0 Å². The van der Waals surface area contributed by atoms with Gasteiger partial charge in [0.15, 0.2) is 0 Å². The van der Waals surface area contributed by atoms with E-state index in [2.05, 4.69) is 0 Å². The maximum absolute atomic E-state index is 12.4. The first-order valence-electron chi connectivity index (χ1n) is 8.14. The van der Waals surface area contributed by atoms with Crippen molar-refractivity contribution in [2.24, 2.45) is 0 Å². The van der Waals surface area contributed by atoms with Gasteiger partial charge in [0.1, 0.15) is 17.1 Å². The number of ketones is 2. The average molecular weight is 322 g/mol. The highest BCUT2D eigenvalue weighted by atomic mass is 16.5. The molecule has 4 nitrogen and oxygen atoms in total. The summed E-state index contributed by atoms with van der Waals surface area (Å²) in [5.74, 6) is -0.212. The van der Waals surface area contributed by atoms with E-state index in [-0.39, 0.29) is 23.9 Å². The summed E-state index contributed by atoms with van der Waals surface area (Å²) in [7, 11) is 1.68. The standard InChI is InChI=1S/C20H18O4/c1-23-10-12-3-2-4-16-14(12)7-8-19-20(16)17(11-24-19)15-6-5-13(21)9-18(15)22/h2-4,7-8,11,15H,5-6,9-10H2,1H3/t15-/m0/s1. The predicted molar refractivity (Wildman–Crippen MR) is 91.0 cm³/mol. The minimum Gasteiger partial charge on any atom is -0.464 e. The maximum atomic E-state index is 12.4. The lowest BCUT2D eigenvalue weighted by atomic mass is 9.81. The second-order valence-corrected chi connectivity index (χ2v) is 6.35. The molecule has 1 heterocycles. The van der Waals surface area contributed by atoms with Gasteiger partial charge in [-0.2, -0.15) is 0 Å².